The molecule has 1 saturated heterocycles. The molecule has 6 heteroatoms. The van der Waals surface area contributed by atoms with Crippen LogP contribution in [0.3, 0.4) is 0 Å². The van der Waals surface area contributed by atoms with Crippen molar-refractivity contribution < 1.29 is 9.53 Å². The highest BCUT2D eigenvalue weighted by Gasteiger charge is 2.20. The molecule has 0 bridgehead atoms. The Hall–Kier alpha value is -2.86. The summed E-state index contributed by atoms with van der Waals surface area (Å²) in [6, 6.07) is 18.5. The lowest BCUT2D eigenvalue weighted by Crippen LogP contribution is -2.38. The number of carbonyl (C=O) groups is 1. The number of guanidine groups is 1. The number of carbonyl (C=O) groups excluding carboxylic acids is 1. The maximum Gasteiger partial charge on any atom is 0.222 e. The SMILES string of the molecule is CCNC(=NCc1ccccc1CN1CCCC1=O)NCCCOC(C)c1ccccc1. The standard InChI is InChI=1S/C26H36N4O2/c1-3-27-26(28-16-10-18-32-21(2)22-11-5-4-6-12-22)29-19-23-13-7-8-14-24(23)20-30-17-9-15-25(30)31/h4-8,11-14,21H,3,9-10,15-20H2,1-2H3,(H2,27,28,29). The van der Waals surface area contributed by atoms with Crippen LogP contribution in [0.25, 0.3) is 0 Å². The van der Waals surface area contributed by atoms with Crippen molar-refractivity contribution in [1.29, 1.82) is 0 Å². The van der Waals surface area contributed by atoms with Crippen LogP contribution < -0.4 is 10.6 Å². The quantitative estimate of drug-likeness (QED) is 0.317. The van der Waals surface area contributed by atoms with E-state index in [-0.39, 0.29) is 12.0 Å². The van der Waals surface area contributed by atoms with Gasteiger partial charge in [0.2, 0.25) is 5.91 Å². The minimum Gasteiger partial charge on any atom is -0.374 e. The monoisotopic (exact) mass is 436 g/mol. The molecular formula is C26H36N4O2. The van der Waals surface area contributed by atoms with Gasteiger partial charge in [-0.15, -0.1) is 0 Å². The van der Waals surface area contributed by atoms with E-state index in [1.807, 2.05) is 35.2 Å². The molecule has 2 aromatic carbocycles. The molecular weight excluding hydrogens is 400 g/mol. The number of hydrogen-bond donors (Lipinski definition) is 2. The minimum atomic E-state index is 0.0945. The van der Waals surface area contributed by atoms with E-state index in [2.05, 4.69) is 48.7 Å². The molecule has 1 aliphatic heterocycles. The Kier molecular flexibility index (Phi) is 9.57. The highest BCUT2D eigenvalue weighted by molar-refractivity contribution is 5.79. The summed E-state index contributed by atoms with van der Waals surface area (Å²) < 4.78 is 5.95. The first kappa shape index (κ1) is 23.8. The molecule has 6 nitrogen and oxygen atoms in total. The van der Waals surface area contributed by atoms with Crippen LogP contribution in [-0.4, -0.2) is 43.0 Å². The molecule has 0 saturated carbocycles. The van der Waals surface area contributed by atoms with Gasteiger partial charge in [-0.3, -0.25) is 4.79 Å². The van der Waals surface area contributed by atoms with Crippen molar-refractivity contribution in [3.63, 3.8) is 0 Å². The molecule has 0 aromatic heterocycles. The average Bonchev–Trinajstić information content (AvgIpc) is 3.22. The van der Waals surface area contributed by atoms with Gasteiger partial charge in [-0.25, -0.2) is 4.99 Å². The summed E-state index contributed by atoms with van der Waals surface area (Å²) in [5, 5.41) is 6.71. The molecule has 2 aromatic rings. The first-order valence-electron chi connectivity index (χ1n) is 11.7. The number of rotatable bonds is 11. The Morgan fingerprint density at radius 1 is 1.09 bits per heavy atom. The zero-order valence-electron chi connectivity index (χ0n) is 19.3. The summed E-state index contributed by atoms with van der Waals surface area (Å²) in [5.41, 5.74) is 3.53. The second-order valence-corrected chi connectivity index (χ2v) is 8.09. The Labute approximate surface area is 192 Å². The summed E-state index contributed by atoms with van der Waals surface area (Å²) in [7, 11) is 0. The van der Waals surface area contributed by atoms with Crippen LogP contribution in [0.1, 0.15) is 55.9 Å². The van der Waals surface area contributed by atoms with E-state index in [0.717, 1.165) is 44.0 Å². The van der Waals surface area contributed by atoms with Crippen molar-refractivity contribution >= 4 is 11.9 Å². The van der Waals surface area contributed by atoms with Crippen LogP contribution in [0.4, 0.5) is 0 Å². The van der Waals surface area contributed by atoms with Crippen molar-refractivity contribution in [1.82, 2.24) is 15.5 Å². The fraction of sp³-hybridized carbons (Fsp3) is 0.462. The molecule has 32 heavy (non-hydrogen) atoms. The van der Waals surface area contributed by atoms with Crippen LogP contribution >= 0.6 is 0 Å². The molecule has 0 radical (unpaired) electrons. The predicted octanol–water partition coefficient (Wildman–Crippen LogP) is 4.03. The largest absolute Gasteiger partial charge is 0.374 e. The van der Waals surface area contributed by atoms with Crippen LogP contribution in [-0.2, 0) is 22.6 Å². The maximum absolute atomic E-state index is 12.0. The van der Waals surface area contributed by atoms with E-state index in [1.165, 1.54) is 11.1 Å². The Balaban J connectivity index is 1.47. The molecule has 1 heterocycles. The first-order valence-corrected chi connectivity index (χ1v) is 11.7. The zero-order chi connectivity index (χ0) is 22.6. The predicted molar refractivity (Wildman–Crippen MR) is 129 cm³/mol. The second-order valence-electron chi connectivity index (χ2n) is 8.09. The van der Waals surface area contributed by atoms with Gasteiger partial charge in [-0.1, -0.05) is 54.6 Å². The molecule has 3 rings (SSSR count). The van der Waals surface area contributed by atoms with Crippen molar-refractivity contribution in [2.24, 2.45) is 4.99 Å². The second kappa shape index (κ2) is 12.9. The Bertz CT molecular complexity index is 869. The summed E-state index contributed by atoms with van der Waals surface area (Å²) in [4.78, 5) is 18.7. The third kappa shape index (κ3) is 7.38. The Morgan fingerprint density at radius 2 is 1.84 bits per heavy atom. The van der Waals surface area contributed by atoms with E-state index in [1.54, 1.807) is 0 Å². The van der Waals surface area contributed by atoms with Gasteiger partial charge in [0, 0.05) is 39.2 Å². The fourth-order valence-corrected chi connectivity index (χ4v) is 3.81. The van der Waals surface area contributed by atoms with Gasteiger partial charge in [-0.2, -0.15) is 0 Å². The van der Waals surface area contributed by atoms with E-state index in [0.29, 0.717) is 26.1 Å². The normalized spacial score (nSPS) is 15.1. The number of likely N-dealkylation sites (tertiary alicyclic amines) is 1. The first-order chi connectivity index (χ1) is 15.7. The topological polar surface area (TPSA) is 66.0 Å². The lowest BCUT2D eigenvalue weighted by molar-refractivity contribution is -0.128. The summed E-state index contributed by atoms with van der Waals surface area (Å²) >= 11 is 0. The molecule has 1 aliphatic rings. The summed E-state index contributed by atoms with van der Waals surface area (Å²) in [5.74, 6) is 1.05. The Morgan fingerprint density at radius 3 is 2.56 bits per heavy atom. The van der Waals surface area contributed by atoms with Crippen molar-refractivity contribution in [3.05, 3.63) is 71.3 Å². The average molecular weight is 437 g/mol. The van der Waals surface area contributed by atoms with E-state index >= 15 is 0 Å². The number of amides is 1. The third-order valence-electron chi connectivity index (χ3n) is 5.65. The van der Waals surface area contributed by atoms with Crippen LogP contribution in [0.2, 0.25) is 0 Å². The van der Waals surface area contributed by atoms with Gasteiger partial charge in [0.1, 0.15) is 0 Å². The number of nitrogens with zero attached hydrogens (tertiary/aromatic N) is 2. The fourth-order valence-electron chi connectivity index (χ4n) is 3.81. The summed E-state index contributed by atoms with van der Waals surface area (Å²) in [6.45, 7) is 8.53. The van der Waals surface area contributed by atoms with Crippen molar-refractivity contribution in [3.8, 4) is 0 Å². The summed E-state index contributed by atoms with van der Waals surface area (Å²) in [6.07, 6.45) is 2.62. The van der Waals surface area contributed by atoms with Crippen LogP contribution in [0.15, 0.2) is 59.6 Å². The molecule has 1 fully saturated rings. The number of hydrogen-bond acceptors (Lipinski definition) is 3. The maximum atomic E-state index is 12.0. The van der Waals surface area contributed by atoms with Crippen molar-refractivity contribution in [2.75, 3.05) is 26.2 Å². The molecule has 0 aliphatic carbocycles. The van der Waals surface area contributed by atoms with E-state index < -0.39 is 0 Å². The number of aliphatic imine (C=N–C) groups is 1. The van der Waals surface area contributed by atoms with Gasteiger partial charge in [0.25, 0.3) is 0 Å². The number of benzene rings is 2. The van der Waals surface area contributed by atoms with Crippen molar-refractivity contribution in [2.45, 2.75) is 52.3 Å². The zero-order valence-corrected chi connectivity index (χ0v) is 19.3. The minimum absolute atomic E-state index is 0.0945. The van der Waals surface area contributed by atoms with Crippen LogP contribution in [0, 0.1) is 0 Å². The van der Waals surface area contributed by atoms with E-state index in [4.69, 9.17) is 9.73 Å². The molecule has 1 unspecified atom stereocenters. The number of nitrogens with one attached hydrogen (secondary N) is 2. The molecule has 1 amide bonds. The molecule has 2 N–H and O–H groups in total. The van der Waals surface area contributed by atoms with Crippen LogP contribution in [0.5, 0.6) is 0 Å². The molecule has 0 spiro atoms. The van der Waals surface area contributed by atoms with Gasteiger partial charge in [0.05, 0.1) is 12.6 Å². The molecule has 172 valence electrons. The van der Waals surface area contributed by atoms with Gasteiger partial charge in [-0.05, 0) is 43.4 Å². The smallest absolute Gasteiger partial charge is 0.222 e. The lowest BCUT2D eigenvalue weighted by Gasteiger charge is -2.18. The van der Waals surface area contributed by atoms with Gasteiger partial charge >= 0.3 is 0 Å². The highest BCUT2D eigenvalue weighted by Crippen LogP contribution is 2.18. The lowest BCUT2D eigenvalue weighted by atomic mass is 10.1. The third-order valence-corrected chi connectivity index (χ3v) is 5.65. The molecule has 1 atom stereocenters. The van der Waals surface area contributed by atoms with E-state index in [9.17, 15) is 4.79 Å². The van der Waals surface area contributed by atoms with Gasteiger partial charge in [0.15, 0.2) is 5.96 Å². The van der Waals surface area contributed by atoms with Gasteiger partial charge < -0.3 is 20.3 Å². The highest BCUT2D eigenvalue weighted by atomic mass is 16.5. The number of ether oxygens (including phenoxy) is 1.